The molecule has 140 valence electrons. The van der Waals surface area contributed by atoms with Gasteiger partial charge in [0.15, 0.2) is 0 Å². The number of esters is 2. The Morgan fingerprint density at radius 1 is 0.769 bits per heavy atom. The van der Waals surface area contributed by atoms with E-state index in [1.165, 1.54) is 0 Å². The Balaban J connectivity index is 2.25. The third kappa shape index (κ3) is 5.28. The highest BCUT2D eigenvalue weighted by atomic mass is 16.5. The summed E-state index contributed by atoms with van der Waals surface area (Å²) in [7, 11) is 0. The molecule has 0 aliphatic rings. The number of hydrogen-bond donors (Lipinski definition) is 2. The van der Waals surface area contributed by atoms with Gasteiger partial charge >= 0.3 is 11.9 Å². The summed E-state index contributed by atoms with van der Waals surface area (Å²) in [5.41, 5.74) is 0.360. The molecule has 0 unspecified atom stereocenters. The summed E-state index contributed by atoms with van der Waals surface area (Å²) in [6, 6.07) is 10.6. The van der Waals surface area contributed by atoms with E-state index in [1.54, 1.807) is 24.3 Å². The van der Waals surface area contributed by atoms with Crippen LogP contribution in [0, 0.1) is 0 Å². The number of carbonyl (C=O) groups is 2. The van der Waals surface area contributed by atoms with E-state index in [4.69, 9.17) is 19.7 Å². The van der Waals surface area contributed by atoms with Crippen molar-refractivity contribution in [2.24, 2.45) is 0 Å². The topological polar surface area (TPSA) is 93.1 Å². The summed E-state index contributed by atoms with van der Waals surface area (Å²) in [6.07, 6.45) is 2.19. The maximum atomic E-state index is 12.6. The molecular weight excluding hydrogens is 336 g/mol. The van der Waals surface area contributed by atoms with Gasteiger partial charge < -0.3 is 19.7 Å². The van der Waals surface area contributed by atoms with Crippen LogP contribution < -0.4 is 0 Å². The van der Waals surface area contributed by atoms with E-state index in [1.807, 2.05) is 12.1 Å². The highest BCUT2D eigenvalue weighted by Crippen LogP contribution is 2.24. The molecule has 0 aromatic heterocycles. The number of carbonyl (C=O) groups excluding carboxylic acids is 2. The van der Waals surface area contributed by atoms with E-state index in [2.05, 4.69) is 0 Å². The average molecular weight is 360 g/mol. The minimum atomic E-state index is -0.587. The van der Waals surface area contributed by atoms with E-state index >= 15 is 0 Å². The lowest BCUT2D eigenvalue weighted by atomic mass is 9.99. The third-order valence-corrected chi connectivity index (χ3v) is 3.92. The van der Waals surface area contributed by atoms with Gasteiger partial charge in [0.1, 0.15) is 0 Å². The standard InChI is InChI=1S/C20H24O6/c21-11-3-5-13-25-19(23)17-10-9-15-7-1-2-8-16(15)18(17)20(24)26-14-6-4-12-22/h1-2,7-10,21-22H,3-6,11-14H2. The minimum absolute atomic E-state index is 0.0389. The molecule has 0 saturated carbocycles. The van der Waals surface area contributed by atoms with Crippen LogP contribution in [-0.4, -0.2) is 48.6 Å². The molecule has 0 bridgehead atoms. The van der Waals surface area contributed by atoms with E-state index in [0.29, 0.717) is 31.1 Å². The van der Waals surface area contributed by atoms with Crippen molar-refractivity contribution in [2.45, 2.75) is 25.7 Å². The molecule has 0 aliphatic carbocycles. The number of ether oxygens (including phenoxy) is 2. The Morgan fingerprint density at radius 3 is 2.04 bits per heavy atom. The van der Waals surface area contributed by atoms with E-state index in [0.717, 1.165) is 5.39 Å². The second-order valence-electron chi connectivity index (χ2n) is 5.84. The van der Waals surface area contributed by atoms with Crippen molar-refractivity contribution in [3.05, 3.63) is 47.5 Å². The highest BCUT2D eigenvalue weighted by Gasteiger charge is 2.22. The number of fused-ring (bicyclic) bond motifs is 1. The Kier molecular flexibility index (Phi) is 8.05. The molecule has 2 aromatic rings. The molecule has 0 atom stereocenters. The van der Waals surface area contributed by atoms with Gasteiger partial charge in [-0.05, 0) is 42.5 Å². The second-order valence-corrected chi connectivity index (χ2v) is 5.84. The lowest BCUT2D eigenvalue weighted by Crippen LogP contribution is -2.16. The van der Waals surface area contributed by atoms with E-state index in [-0.39, 0.29) is 37.6 Å². The van der Waals surface area contributed by atoms with Crippen LogP contribution in [0.2, 0.25) is 0 Å². The van der Waals surface area contributed by atoms with Gasteiger partial charge in [-0.3, -0.25) is 0 Å². The van der Waals surface area contributed by atoms with Gasteiger partial charge in [-0.1, -0.05) is 30.3 Å². The van der Waals surface area contributed by atoms with Crippen LogP contribution in [0.15, 0.2) is 36.4 Å². The number of unbranched alkanes of at least 4 members (excludes halogenated alkanes) is 2. The number of hydrogen-bond acceptors (Lipinski definition) is 6. The van der Waals surface area contributed by atoms with Crippen LogP contribution >= 0.6 is 0 Å². The Hall–Kier alpha value is -2.44. The lowest BCUT2D eigenvalue weighted by molar-refractivity contribution is 0.0448. The summed E-state index contributed by atoms with van der Waals surface area (Å²) in [5.74, 6) is -1.17. The first-order chi connectivity index (χ1) is 12.7. The Bertz CT molecular complexity index is 740. The zero-order chi connectivity index (χ0) is 18.8. The van der Waals surface area contributed by atoms with Gasteiger partial charge in [0.05, 0.1) is 24.3 Å². The average Bonchev–Trinajstić information content (AvgIpc) is 2.67. The van der Waals surface area contributed by atoms with E-state index in [9.17, 15) is 9.59 Å². The summed E-state index contributed by atoms with van der Waals surface area (Å²) in [4.78, 5) is 25.0. The number of aliphatic hydroxyl groups is 2. The Labute approximate surface area is 152 Å². The fraction of sp³-hybridized carbons (Fsp3) is 0.400. The van der Waals surface area contributed by atoms with Crippen LogP contribution in [0.5, 0.6) is 0 Å². The molecule has 0 heterocycles. The molecule has 2 N–H and O–H groups in total. The first-order valence-electron chi connectivity index (χ1n) is 8.76. The molecule has 2 rings (SSSR count). The highest BCUT2D eigenvalue weighted by molar-refractivity contribution is 6.12. The van der Waals surface area contributed by atoms with Gasteiger partial charge in [-0.2, -0.15) is 0 Å². The molecular formula is C20H24O6. The van der Waals surface area contributed by atoms with Crippen molar-refractivity contribution in [1.82, 2.24) is 0 Å². The zero-order valence-electron chi connectivity index (χ0n) is 14.6. The van der Waals surface area contributed by atoms with Gasteiger partial charge in [0.25, 0.3) is 0 Å². The summed E-state index contributed by atoms with van der Waals surface area (Å²) in [6.45, 7) is 0.432. The van der Waals surface area contributed by atoms with Crippen molar-refractivity contribution in [2.75, 3.05) is 26.4 Å². The molecule has 0 aliphatic heterocycles. The quantitative estimate of drug-likeness (QED) is 0.500. The van der Waals surface area contributed by atoms with Crippen LogP contribution in [0.1, 0.15) is 46.4 Å². The third-order valence-electron chi connectivity index (χ3n) is 3.92. The maximum Gasteiger partial charge on any atom is 0.339 e. The molecule has 6 heteroatoms. The molecule has 2 aromatic carbocycles. The SMILES string of the molecule is O=C(OCCCCO)c1ccc2ccccc2c1C(=O)OCCCCO. The van der Waals surface area contributed by atoms with Crippen LogP contribution in [-0.2, 0) is 9.47 Å². The van der Waals surface area contributed by atoms with Crippen molar-refractivity contribution >= 4 is 22.7 Å². The molecule has 0 spiro atoms. The number of aliphatic hydroxyl groups excluding tert-OH is 2. The first kappa shape index (κ1) is 19.9. The monoisotopic (exact) mass is 360 g/mol. The summed E-state index contributed by atoms with van der Waals surface area (Å²) in [5, 5.41) is 19.1. The van der Waals surface area contributed by atoms with E-state index < -0.39 is 11.9 Å². The van der Waals surface area contributed by atoms with Gasteiger partial charge in [0.2, 0.25) is 0 Å². The molecule has 26 heavy (non-hydrogen) atoms. The summed E-state index contributed by atoms with van der Waals surface area (Å²) < 4.78 is 10.5. The maximum absolute atomic E-state index is 12.6. The predicted molar refractivity (Wildman–Crippen MR) is 97.2 cm³/mol. The smallest absolute Gasteiger partial charge is 0.339 e. The Morgan fingerprint density at radius 2 is 1.38 bits per heavy atom. The second kappa shape index (κ2) is 10.5. The van der Waals surface area contributed by atoms with Crippen LogP contribution in [0.3, 0.4) is 0 Å². The molecule has 0 saturated heterocycles. The van der Waals surface area contributed by atoms with Crippen LogP contribution in [0.25, 0.3) is 10.8 Å². The van der Waals surface area contributed by atoms with Gasteiger partial charge in [-0.15, -0.1) is 0 Å². The molecule has 6 nitrogen and oxygen atoms in total. The fourth-order valence-electron chi connectivity index (χ4n) is 2.57. The van der Waals surface area contributed by atoms with Gasteiger partial charge in [-0.25, -0.2) is 9.59 Å². The number of benzene rings is 2. The molecule has 0 radical (unpaired) electrons. The molecule has 0 fully saturated rings. The molecule has 0 amide bonds. The minimum Gasteiger partial charge on any atom is -0.462 e. The number of rotatable bonds is 10. The fourth-order valence-corrected chi connectivity index (χ4v) is 2.57. The van der Waals surface area contributed by atoms with Crippen LogP contribution in [0.4, 0.5) is 0 Å². The van der Waals surface area contributed by atoms with Crippen molar-refractivity contribution < 1.29 is 29.3 Å². The van der Waals surface area contributed by atoms with Crippen molar-refractivity contribution in [3.63, 3.8) is 0 Å². The zero-order valence-corrected chi connectivity index (χ0v) is 14.6. The normalized spacial score (nSPS) is 10.7. The predicted octanol–water partition coefficient (Wildman–Crippen LogP) is 2.70. The van der Waals surface area contributed by atoms with Crippen molar-refractivity contribution in [3.8, 4) is 0 Å². The first-order valence-corrected chi connectivity index (χ1v) is 8.76. The summed E-state index contributed by atoms with van der Waals surface area (Å²) >= 11 is 0. The largest absolute Gasteiger partial charge is 0.462 e. The van der Waals surface area contributed by atoms with Crippen molar-refractivity contribution in [1.29, 1.82) is 0 Å². The lowest BCUT2D eigenvalue weighted by Gasteiger charge is -2.12. The van der Waals surface area contributed by atoms with Gasteiger partial charge in [0, 0.05) is 13.2 Å².